The number of hydrogen-bond donors (Lipinski definition) is 12. The van der Waals surface area contributed by atoms with Crippen LogP contribution in [0, 0.1) is 5.41 Å². The lowest BCUT2D eigenvalue weighted by atomic mass is 9.87. The molecule has 4 heterocycles. The lowest BCUT2D eigenvalue weighted by Crippen LogP contribution is -2.70. The molecule has 0 aromatic carbocycles. The number of ether oxygens (including phenoxy) is 8. The van der Waals surface area contributed by atoms with Gasteiger partial charge in [0, 0.05) is 6.92 Å². The maximum atomic E-state index is 12.6. The molecule has 5 fully saturated rings. The zero-order valence-corrected chi connectivity index (χ0v) is 31.7. The van der Waals surface area contributed by atoms with Crippen molar-refractivity contribution in [3.05, 3.63) is 12.7 Å². The van der Waals surface area contributed by atoms with Crippen LogP contribution in [0.15, 0.2) is 12.7 Å². The van der Waals surface area contributed by atoms with Crippen LogP contribution in [0.2, 0.25) is 0 Å². The number of carbonyl (C=O) groups excluding carboxylic acids is 1. The first-order valence-corrected chi connectivity index (χ1v) is 18.7. The van der Waals surface area contributed by atoms with E-state index in [9.17, 15) is 61.0 Å². The third-order valence-corrected chi connectivity index (χ3v) is 11.4. The van der Waals surface area contributed by atoms with Crippen molar-refractivity contribution in [2.75, 3.05) is 19.8 Å². The van der Waals surface area contributed by atoms with Crippen molar-refractivity contribution in [3.63, 3.8) is 0 Å². The van der Waals surface area contributed by atoms with E-state index in [0.717, 1.165) is 13.3 Å². The number of carbonyl (C=O) groups is 1. The highest BCUT2D eigenvalue weighted by atomic mass is 16.8. The quantitative estimate of drug-likeness (QED) is 0.0772. The molecule has 1 aliphatic carbocycles. The largest absolute Gasteiger partial charge is 0.394 e. The normalized spacial score (nSPS) is 51.4. The lowest BCUT2D eigenvalue weighted by Gasteiger charge is -2.50. The van der Waals surface area contributed by atoms with E-state index in [-0.39, 0.29) is 5.41 Å². The number of nitrogens with one attached hydrogen (secondary N) is 1. The van der Waals surface area contributed by atoms with Crippen LogP contribution in [0.5, 0.6) is 0 Å². The molecule has 4 saturated heterocycles. The summed E-state index contributed by atoms with van der Waals surface area (Å²) in [7, 11) is 0. The van der Waals surface area contributed by atoms with Crippen LogP contribution in [-0.2, 0) is 42.7 Å². The maximum absolute atomic E-state index is 12.6. The van der Waals surface area contributed by atoms with E-state index in [4.69, 9.17) is 37.9 Å². The Labute approximate surface area is 323 Å². The van der Waals surface area contributed by atoms with Gasteiger partial charge in [-0.05, 0) is 38.5 Å². The van der Waals surface area contributed by atoms with Gasteiger partial charge in [0.25, 0.3) is 0 Å². The van der Waals surface area contributed by atoms with Gasteiger partial charge in [0.15, 0.2) is 25.2 Å². The summed E-state index contributed by atoms with van der Waals surface area (Å²) in [5.41, 5.74) is -1.08. The van der Waals surface area contributed by atoms with Gasteiger partial charge in [-0.3, -0.25) is 4.79 Å². The molecule has 56 heavy (non-hydrogen) atoms. The Morgan fingerprint density at radius 1 is 0.661 bits per heavy atom. The summed E-state index contributed by atoms with van der Waals surface area (Å²) in [4.78, 5) is 12.6. The molecule has 22 atom stereocenters. The molecule has 0 spiro atoms. The van der Waals surface area contributed by atoms with Gasteiger partial charge in [-0.15, -0.1) is 6.58 Å². The van der Waals surface area contributed by atoms with Crippen LogP contribution in [0.25, 0.3) is 0 Å². The Balaban J connectivity index is 1.43. The van der Waals surface area contributed by atoms with Crippen molar-refractivity contribution in [3.8, 4) is 0 Å². The molecule has 12 N–H and O–H groups in total. The summed E-state index contributed by atoms with van der Waals surface area (Å²) in [5.74, 6) is -0.723. The minimum Gasteiger partial charge on any atom is -0.394 e. The van der Waals surface area contributed by atoms with Gasteiger partial charge in [0.1, 0.15) is 91.5 Å². The van der Waals surface area contributed by atoms with Crippen LogP contribution in [0.3, 0.4) is 0 Å². The number of rotatable bonds is 13. The minimum atomic E-state index is -1.94. The van der Waals surface area contributed by atoms with Crippen molar-refractivity contribution in [1.82, 2.24) is 5.32 Å². The van der Waals surface area contributed by atoms with Crippen molar-refractivity contribution in [2.45, 2.75) is 175 Å². The molecule has 21 nitrogen and oxygen atoms in total. The van der Waals surface area contributed by atoms with Gasteiger partial charge >= 0.3 is 0 Å². The monoisotopic (exact) mass is 813 g/mol. The lowest BCUT2D eigenvalue weighted by molar-refractivity contribution is -0.387. The second kappa shape index (κ2) is 18.4. The van der Waals surface area contributed by atoms with E-state index in [1.807, 2.05) is 19.9 Å². The molecule has 5 aliphatic rings. The van der Waals surface area contributed by atoms with Crippen LogP contribution < -0.4 is 5.32 Å². The Morgan fingerprint density at radius 2 is 1.20 bits per heavy atom. The number of allylic oxidation sites excluding steroid dienone is 1. The van der Waals surface area contributed by atoms with Gasteiger partial charge in [0.2, 0.25) is 5.91 Å². The van der Waals surface area contributed by atoms with Crippen LogP contribution >= 0.6 is 0 Å². The number of aliphatic hydroxyl groups is 11. The Kier molecular flexibility index (Phi) is 14.9. The molecule has 4 aliphatic heterocycles. The standard InChI is InChI=1S/C35H59NO20/c1-6-34(4)7-8-35(5,12-34)56-32-26(48)28(22(44)17(11-39)51-32)54-30-18(36-14(3)40)27(21(43)16(10-38)50-30)53-33-29(24(46)20(42)15(9-37)52-33)55-31-25(47)23(45)19(41)13(2)49-31/h6,13,15-33,37-39,41-48H,1,7-12H2,2-5H3,(H,36,40)/t13?,15?,16?,17?,18?,19-,20-,21?,22-,23?,24?,25?,26?,27?,28?,29?,30-,31-,32-,33?,34?,35?/m0/s1. The topological polar surface area (TPSA) is 325 Å². The SMILES string of the molecule is C=CC1(C)CCC(C)(O[C@@H]2OC(CO)[C@H](O)C(O[C@@H]3OC(CO)C(O)C(OC4OC(CO)[C@H](O)C(O)C4O[C@@H]4OC(C)[C@H](O)C(O)C4O)C3NC(C)=O)C2O)C1. The molecule has 324 valence electrons. The summed E-state index contributed by atoms with van der Waals surface area (Å²) in [6, 6.07) is -1.57. The van der Waals surface area contributed by atoms with Crippen LogP contribution in [0.1, 0.15) is 47.0 Å². The highest BCUT2D eigenvalue weighted by Gasteiger charge is 2.57. The van der Waals surface area contributed by atoms with Crippen LogP contribution in [0.4, 0.5) is 0 Å². The van der Waals surface area contributed by atoms with E-state index in [1.54, 1.807) is 0 Å². The number of aliphatic hydroxyl groups excluding tert-OH is 11. The summed E-state index contributed by atoms with van der Waals surface area (Å²) in [6.07, 6.45) is -28.0. The summed E-state index contributed by atoms with van der Waals surface area (Å²) in [5, 5.41) is 120. The zero-order valence-electron chi connectivity index (χ0n) is 31.7. The maximum Gasteiger partial charge on any atom is 0.217 e. The van der Waals surface area contributed by atoms with Crippen molar-refractivity contribution in [1.29, 1.82) is 0 Å². The van der Waals surface area contributed by atoms with E-state index in [1.165, 1.54) is 6.92 Å². The Bertz CT molecular complexity index is 1320. The second-order valence-corrected chi connectivity index (χ2v) is 15.9. The predicted octanol–water partition coefficient (Wildman–Crippen LogP) is -5.42. The van der Waals surface area contributed by atoms with Crippen molar-refractivity contribution >= 4 is 5.91 Å². The predicted molar refractivity (Wildman–Crippen MR) is 183 cm³/mol. The van der Waals surface area contributed by atoms with Crippen molar-refractivity contribution < 1.29 is 98.9 Å². The van der Waals surface area contributed by atoms with Gasteiger partial charge in [-0.25, -0.2) is 0 Å². The highest BCUT2D eigenvalue weighted by molar-refractivity contribution is 5.73. The van der Waals surface area contributed by atoms with Crippen molar-refractivity contribution in [2.24, 2.45) is 5.41 Å². The Hall–Kier alpha value is -1.55. The number of hydrogen-bond acceptors (Lipinski definition) is 20. The van der Waals surface area contributed by atoms with E-state index >= 15 is 0 Å². The molecule has 1 saturated carbocycles. The minimum absolute atomic E-state index is 0.264. The summed E-state index contributed by atoms with van der Waals surface area (Å²) in [6.45, 7) is 7.77. The highest BCUT2D eigenvalue weighted by Crippen LogP contribution is 2.48. The third-order valence-electron chi connectivity index (χ3n) is 11.4. The smallest absolute Gasteiger partial charge is 0.217 e. The fourth-order valence-corrected chi connectivity index (χ4v) is 8.08. The molecular formula is C35H59NO20. The van der Waals surface area contributed by atoms with Gasteiger partial charge in [0.05, 0.1) is 31.5 Å². The fourth-order valence-electron chi connectivity index (χ4n) is 8.08. The molecule has 1 amide bonds. The second-order valence-electron chi connectivity index (χ2n) is 15.9. The molecule has 16 unspecified atom stereocenters. The first-order valence-electron chi connectivity index (χ1n) is 18.7. The molecule has 0 aromatic rings. The molecule has 0 radical (unpaired) electrons. The van der Waals surface area contributed by atoms with Crippen LogP contribution in [-0.4, -0.2) is 210 Å². The first kappa shape index (κ1) is 45.5. The molecular weight excluding hydrogens is 754 g/mol. The fraction of sp³-hybridized carbons (Fsp3) is 0.914. The van der Waals surface area contributed by atoms with Gasteiger partial charge in [-0.1, -0.05) is 13.0 Å². The number of amides is 1. The third kappa shape index (κ3) is 9.41. The molecule has 0 aromatic heterocycles. The Morgan fingerprint density at radius 3 is 1.77 bits per heavy atom. The summed E-state index contributed by atoms with van der Waals surface area (Å²) < 4.78 is 47.2. The molecule has 0 bridgehead atoms. The molecule has 5 rings (SSSR count). The first-order chi connectivity index (χ1) is 26.3. The van der Waals surface area contributed by atoms with E-state index < -0.39 is 154 Å². The zero-order chi connectivity index (χ0) is 41.4. The van der Waals surface area contributed by atoms with E-state index in [0.29, 0.717) is 12.8 Å². The average molecular weight is 814 g/mol. The summed E-state index contributed by atoms with van der Waals surface area (Å²) >= 11 is 0. The van der Waals surface area contributed by atoms with Gasteiger partial charge < -0.3 is 99.4 Å². The average Bonchev–Trinajstić information content (AvgIpc) is 3.47. The molecule has 21 heteroatoms. The van der Waals surface area contributed by atoms with Gasteiger partial charge in [-0.2, -0.15) is 0 Å². The van der Waals surface area contributed by atoms with E-state index in [2.05, 4.69) is 11.9 Å².